The molecule has 0 amide bonds. The van der Waals surface area contributed by atoms with Crippen LogP contribution in [0.15, 0.2) is 0 Å². The summed E-state index contributed by atoms with van der Waals surface area (Å²) in [5, 5.41) is 0. The average Bonchev–Trinajstić information content (AvgIpc) is 0. The Bertz CT molecular complexity index is 16.9. The molecule has 0 saturated heterocycles. The first kappa shape index (κ1) is 155. The molecule has 0 radical (unpaired) electrons. The molecular weight excluding hydrogens is 300 g/mol. The van der Waals surface area contributed by atoms with Crippen LogP contribution in [-0.4, -0.2) is 100 Å². The Labute approximate surface area is 124 Å². The maximum Gasteiger partial charge on any atom is 3.00 e. The van der Waals surface area contributed by atoms with E-state index in [0.717, 1.165) is 0 Å². The second-order valence-corrected chi connectivity index (χ2v) is 0. The zero-order valence-electron chi connectivity index (χ0n) is 4.87. The fraction of sp³-hybridized carbons (Fsp3) is 0. The third kappa shape index (κ3) is 95.6. The molecule has 0 aliphatic rings. The van der Waals surface area contributed by atoms with Crippen molar-refractivity contribution >= 4 is 99.2 Å². The van der Waals surface area contributed by atoms with E-state index in [1.54, 1.807) is 0 Å². The van der Waals surface area contributed by atoms with Crippen molar-refractivity contribution in [3.05, 3.63) is 0 Å². The molecule has 0 spiro atoms. The van der Waals surface area contributed by atoms with Gasteiger partial charge in [0.25, 0.3) is 0 Å². The van der Waals surface area contributed by atoms with Gasteiger partial charge in [0.1, 0.15) is 0 Å². The number of hydrogen-bond acceptors (Lipinski definition) is 1. The molecule has 1 unspecified atom stereocenters. The normalized spacial score (nSPS) is 0. The summed E-state index contributed by atoms with van der Waals surface area (Å²) in [6.45, 7) is 0. The number of rotatable bonds is 0. The van der Waals surface area contributed by atoms with Crippen LogP contribution in [0.2, 0.25) is 0 Å². The van der Waals surface area contributed by atoms with E-state index in [0.29, 0.717) is 0 Å². The maximum absolute atomic E-state index is 0. The van der Waals surface area contributed by atoms with Gasteiger partial charge in [-0.3, -0.25) is 0 Å². The summed E-state index contributed by atoms with van der Waals surface area (Å²) < 4.78 is 0. The largest absolute Gasteiger partial charge is 3.00 e. The van der Waals surface area contributed by atoms with Crippen molar-refractivity contribution in [2.24, 2.45) is 0 Å². The molecule has 9 heteroatoms. The topological polar surface area (TPSA) is 147 Å². The molecule has 0 fully saturated rings. The quantitative estimate of drug-likeness (QED) is 0.355. The molecule has 0 heterocycles. The zero-order valence-corrected chi connectivity index (χ0v) is 13.3. The fourth-order valence-corrected chi connectivity index (χ4v) is 0. The Morgan fingerprint density at radius 1 is 0.778 bits per heavy atom. The summed E-state index contributed by atoms with van der Waals surface area (Å²) in [4.78, 5) is 0. The molecular formula is H6AlBaMgO5P. The van der Waals surface area contributed by atoms with E-state index >= 15 is 0 Å². The molecule has 0 aliphatic carbocycles. The SMILES string of the molecule is O.P.[Al+3].[Ba+2].[Mg+2].[O-2].[O-2].[O-2].[OH-]. The van der Waals surface area contributed by atoms with E-state index < -0.39 is 0 Å². The maximum atomic E-state index is 0. The van der Waals surface area contributed by atoms with Gasteiger partial charge in [-0.2, -0.15) is 9.90 Å². The summed E-state index contributed by atoms with van der Waals surface area (Å²) in [6, 6.07) is 0. The van der Waals surface area contributed by atoms with Crippen LogP contribution in [0.25, 0.3) is 0 Å². The molecule has 1 atom stereocenters. The van der Waals surface area contributed by atoms with E-state index in [2.05, 4.69) is 0 Å². The summed E-state index contributed by atoms with van der Waals surface area (Å²) in [5.74, 6) is 0. The molecule has 48 valence electrons. The molecule has 9 heavy (non-hydrogen) atoms. The molecule has 0 bridgehead atoms. The smallest absolute Gasteiger partial charge is 2.00 e. The van der Waals surface area contributed by atoms with Gasteiger partial charge in [0, 0.05) is 0 Å². The standard InChI is InChI=1S/Al.Ba.Mg.2H2O.3O.H3P/h;;;2*1H2;;;;1H3/q+3;2*+2;;;3*-2;/p-1. The monoisotopic (exact) mass is 306 g/mol. The summed E-state index contributed by atoms with van der Waals surface area (Å²) >= 11 is 0. The van der Waals surface area contributed by atoms with E-state index in [1.165, 1.54) is 0 Å². The first-order valence-electron chi connectivity index (χ1n) is 0. The van der Waals surface area contributed by atoms with Crippen molar-refractivity contribution < 1.29 is 27.4 Å². The number of hydrogen-bond donors (Lipinski definition) is 0. The van der Waals surface area contributed by atoms with Gasteiger partial charge in [0.2, 0.25) is 0 Å². The van der Waals surface area contributed by atoms with Gasteiger partial charge < -0.3 is 27.4 Å². The van der Waals surface area contributed by atoms with Gasteiger partial charge in [-0.05, 0) is 0 Å². The van der Waals surface area contributed by atoms with Crippen LogP contribution in [0.3, 0.4) is 0 Å². The molecule has 0 saturated carbocycles. The fourth-order valence-electron chi connectivity index (χ4n) is 0. The van der Waals surface area contributed by atoms with Gasteiger partial charge in [-0.25, -0.2) is 0 Å². The molecule has 5 nitrogen and oxygen atoms in total. The Morgan fingerprint density at radius 2 is 0.778 bits per heavy atom. The van der Waals surface area contributed by atoms with Crippen LogP contribution in [-0.2, 0) is 16.4 Å². The predicted molar refractivity (Wildman–Crippen MR) is 36.0 cm³/mol. The molecule has 0 aromatic heterocycles. The third-order valence-corrected chi connectivity index (χ3v) is 0. The van der Waals surface area contributed by atoms with Crippen LogP contribution >= 0.6 is 9.90 Å². The van der Waals surface area contributed by atoms with Crippen molar-refractivity contribution in [2.45, 2.75) is 0 Å². The Hall–Kier alpha value is 3.10. The summed E-state index contributed by atoms with van der Waals surface area (Å²) in [6.07, 6.45) is 0. The molecule has 3 N–H and O–H groups in total. The van der Waals surface area contributed by atoms with E-state index in [4.69, 9.17) is 0 Å². The third-order valence-electron chi connectivity index (χ3n) is 0. The van der Waals surface area contributed by atoms with Crippen LogP contribution in [0.5, 0.6) is 0 Å². The minimum absolute atomic E-state index is 0. The van der Waals surface area contributed by atoms with Gasteiger partial charge in [0.05, 0.1) is 0 Å². The second kappa shape index (κ2) is 118. The van der Waals surface area contributed by atoms with Gasteiger partial charge in [0.15, 0.2) is 0 Å². The Morgan fingerprint density at radius 3 is 0.778 bits per heavy atom. The molecule has 0 rings (SSSR count). The first-order valence-corrected chi connectivity index (χ1v) is 0. The van der Waals surface area contributed by atoms with Gasteiger partial charge in [-0.15, -0.1) is 0 Å². The van der Waals surface area contributed by atoms with E-state index in [1.807, 2.05) is 0 Å². The summed E-state index contributed by atoms with van der Waals surface area (Å²) in [7, 11) is 0. The summed E-state index contributed by atoms with van der Waals surface area (Å²) in [5.41, 5.74) is 0. The van der Waals surface area contributed by atoms with Crippen molar-refractivity contribution in [3.8, 4) is 0 Å². The van der Waals surface area contributed by atoms with Gasteiger partial charge in [-0.1, -0.05) is 0 Å². The minimum Gasteiger partial charge on any atom is -2.00 e. The van der Waals surface area contributed by atoms with Crippen LogP contribution in [0.4, 0.5) is 0 Å². The Balaban J connectivity index is 0. The van der Waals surface area contributed by atoms with Crippen molar-refractivity contribution in [1.29, 1.82) is 0 Å². The predicted octanol–water partition coefficient (Wildman–Crippen LogP) is -2.44. The molecule has 0 aromatic carbocycles. The van der Waals surface area contributed by atoms with Gasteiger partial charge >= 0.3 is 89.3 Å². The Kier molecular flexibility index (Phi) is 2030. The minimum atomic E-state index is 0. The average molecular weight is 306 g/mol. The van der Waals surface area contributed by atoms with Crippen molar-refractivity contribution in [1.82, 2.24) is 0 Å². The van der Waals surface area contributed by atoms with Crippen LogP contribution < -0.4 is 0 Å². The van der Waals surface area contributed by atoms with E-state index in [-0.39, 0.29) is 127 Å². The second-order valence-electron chi connectivity index (χ2n) is 0. The molecule has 0 aromatic rings. The van der Waals surface area contributed by atoms with Crippen molar-refractivity contribution in [2.75, 3.05) is 0 Å². The van der Waals surface area contributed by atoms with Crippen molar-refractivity contribution in [3.63, 3.8) is 0 Å². The zero-order chi connectivity index (χ0) is 0. The van der Waals surface area contributed by atoms with E-state index in [9.17, 15) is 0 Å². The van der Waals surface area contributed by atoms with Crippen LogP contribution in [0.1, 0.15) is 0 Å². The first-order chi connectivity index (χ1) is 0. The molecule has 0 aliphatic heterocycles. The van der Waals surface area contributed by atoms with Crippen LogP contribution in [0, 0.1) is 0 Å².